The van der Waals surface area contributed by atoms with E-state index in [1.807, 2.05) is 4.98 Å². The van der Waals surface area contributed by atoms with Crippen LogP contribution >= 0.6 is 18.1 Å². The van der Waals surface area contributed by atoms with Crippen molar-refractivity contribution in [3.63, 3.8) is 0 Å². The molecule has 2 unspecified atom stereocenters. The second kappa shape index (κ2) is 11.8. The van der Waals surface area contributed by atoms with E-state index in [1.54, 1.807) is 13.8 Å². The molecule has 1 aromatic rings. The number of esters is 1. The van der Waals surface area contributed by atoms with Crippen LogP contribution in [0.5, 0.6) is 0 Å². The molecule has 17 heteroatoms. The number of aromatic nitrogens is 2. The highest BCUT2D eigenvalue weighted by molar-refractivity contribution is 8.56. The lowest BCUT2D eigenvalue weighted by atomic mass is 9.96. The molecule has 0 aromatic carbocycles. The number of hydrogen-bond donors (Lipinski definition) is 5. The Labute approximate surface area is 220 Å². The number of carbonyl (C=O) groups is 3. The third-order valence-corrected chi connectivity index (χ3v) is 10.0. The fourth-order valence-corrected chi connectivity index (χ4v) is 7.85. The van der Waals surface area contributed by atoms with E-state index in [-0.39, 0.29) is 12.2 Å². The van der Waals surface area contributed by atoms with Gasteiger partial charge in [-0.05, 0) is 27.7 Å². The Balaban J connectivity index is 1.76. The molecule has 1 aromatic heterocycles. The van der Waals surface area contributed by atoms with E-state index in [1.165, 1.54) is 13.8 Å². The van der Waals surface area contributed by atoms with Crippen molar-refractivity contribution in [2.75, 3.05) is 12.4 Å². The summed E-state index contributed by atoms with van der Waals surface area (Å²) in [6, 6.07) is -0.0624. The number of nitrogens with one attached hydrogen (secondary N) is 3. The molecule has 212 valence electrons. The van der Waals surface area contributed by atoms with Crippen molar-refractivity contribution in [2.45, 2.75) is 70.3 Å². The Hall–Kier alpha value is -2.33. The van der Waals surface area contributed by atoms with Crippen molar-refractivity contribution in [3.05, 3.63) is 33.1 Å². The van der Waals surface area contributed by atoms with Crippen molar-refractivity contribution in [2.24, 2.45) is 5.92 Å². The number of aliphatic hydroxyl groups is 2. The predicted molar refractivity (Wildman–Crippen MR) is 133 cm³/mol. The maximum atomic E-state index is 13.7. The van der Waals surface area contributed by atoms with E-state index >= 15 is 0 Å². The Morgan fingerprint density at radius 2 is 2.03 bits per heavy atom. The molecule has 2 aliphatic rings. The van der Waals surface area contributed by atoms with E-state index in [2.05, 4.69) is 10.4 Å². The largest absolute Gasteiger partial charge is 0.462 e. The van der Waals surface area contributed by atoms with Crippen LogP contribution in [-0.2, 0) is 32.9 Å². The predicted octanol–water partition coefficient (Wildman–Crippen LogP) is -1.00. The Bertz CT molecular complexity index is 1230. The van der Waals surface area contributed by atoms with E-state index in [4.69, 9.17) is 14.0 Å². The molecule has 3 heterocycles. The molecule has 0 saturated carbocycles. The van der Waals surface area contributed by atoms with Crippen molar-refractivity contribution >= 4 is 35.9 Å². The highest BCUT2D eigenvalue weighted by Gasteiger charge is 2.54. The molecule has 2 amide bonds. The number of ether oxygens (including phenoxy) is 2. The average molecular weight is 579 g/mol. The first-order valence-electron chi connectivity index (χ1n) is 11.7. The highest BCUT2D eigenvalue weighted by atomic mass is 32.7. The Kier molecular flexibility index (Phi) is 9.40. The lowest BCUT2D eigenvalue weighted by Gasteiger charge is -2.27. The van der Waals surface area contributed by atoms with Gasteiger partial charge in [0.15, 0.2) is 6.23 Å². The summed E-state index contributed by atoms with van der Waals surface area (Å²) in [5.41, 5.74) is -3.57. The normalized spacial score (nSPS) is 29.8. The quantitative estimate of drug-likeness (QED) is 0.121. The van der Waals surface area contributed by atoms with Gasteiger partial charge in [-0.3, -0.25) is 38.6 Å². The third-order valence-electron chi connectivity index (χ3n) is 5.84. The zero-order chi connectivity index (χ0) is 28.4. The average Bonchev–Trinajstić information content (AvgIpc) is 3.25. The van der Waals surface area contributed by atoms with Crippen LogP contribution < -0.4 is 21.7 Å². The summed E-state index contributed by atoms with van der Waals surface area (Å²) < 4.78 is 31.0. The fourth-order valence-electron chi connectivity index (χ4n) is 3.83. The number of H-pyrrole nitrogens is 1. The van der Waals surface area contributed by atoms with Crippen LogP contribution in [0.1, 0.15) is 40.3 Å². The fraction of sp³-hybridized carbons (Fsp3) is 0.667. The molecule has 7 atom stereocenters. The zero-order valence-electron chi connectivity index (χ0n) is 21.1. The van der Waals surface area contributed by atoms with Gasteiger partial charge in [-0.2, -0.15) is 0 Å². The summed E-state index contributed by atoms with van der Waals surface area (Å²) in [4.78, 5) is 61.4. The molecule has 38 heavy (non-hydrogen) atoms. The van der Waals surface area contributed by atoms with Crippen molar-refractivity contribution in [3.8, 4) is 0 Å². The van der Waals surface area contributed by atoms with Gasteiger partial charge in [-0.1, -0.05) is 11.4 Å². The molecular formula is C21H31N4O11PS. The number of carbonyl (C=O) groups excluding carboxylic acids is 3. The summed E-state index contributed by atoms with van der Waals surface area (Å²) in [7, 11) is 0. The SMILES string of the molecule is CC(C)OC(=O)[C@@H](C)NP(=O)(OC[C@H]1O[C@@H](n2ccc(=O)[nH]c2=O)[C@](C)(O)[C@@H]1O)SCC1CC(=O)NC1=O. The maximum Gasteiger partial charge on any atom is 0.330 e. The number of imide groups is 1. The molecule has 0 aliphatic carbocycles. The van der Waals surface area contributed by atoms with Gasteiger partial charge in [0.05, 0.1) is 18.6 Å². The van der Waals surface area contributed by atoms with Crippen LogP contribution in [0, 0.1) is 5.92 Å². The summed E-state index contributed by atoms with van der Waals surface area (Å²) in [6.07, 6.45) is -3.78. The van der Waals surface area contributed by atoms with Gasteiger partial charge in [0, 0.05) is 24.4 Å². The van der Waals surface area contributed by atoms with Gasteiger partial charge in [-0.15, -0.1) is 0 Å². The minimum absolute atomic E-state index is 0.0883. The van der Waals surface area contributed by atoms with Gasteiger partial charge in [0.1, 0.15) is 23.9 Å². The van der Waals surface area contributed by atoms with Crippen LogP contribution in [0.4, 0.5) is 0 Å². The monoisotopic (exact) mass is 578 g/mol. The minimum atomic E-state index is -4.01. The van der Waals surface area contributed by atoms with E-state index < -0.39 is 84.5 Å². The third kappa shape index (κ3) is 7.00. The molecule has 3 rings (SSSR count). The van der Waals surface area contributed by atoms with Crippen LogP contribution in [-0.4, -0.2) is 79.9 Å². The number of rotatable bonds is 11. The standard InChI is InChI=1S/C21H31N4O11PS/c1-10(2)35-18(30)11(3)24-37(33,38-9-12-7-15(27)22-17(12)29)34-8-13-16(28)21(4,32)19(36-13)25-6-5-14(26)23-20(25)31/h5-6,10-13,16,19,28,32H,7-9H2,1-4H3,(H,24,33)(H,22,27,29)(H,23,26,31)/t11-,12?,13-,16-,19-,21-,37?/m1/s1. The summed E-state index contributed by atoms with van der Waals surface area (Å²) >= 11 is 0.684. The van der Waals surface area contributed by atoms with Crippen molar-refractivity contribution in [1.82, 2.24) is 20.0 Å². The molecule has 5 N–H and O–H groups in total. The second-order valence-electron chi connectivity index (χ2n) is 9.45. The highest BCUT2D eigenvalue weighted by Crippen LogP contribution is 2.57. The number of aromatic amines is 1. The first kappa shape index (κ1) is 30.2. The first-order valence-corrected chi connectivity index (χ1v) is 14.9. The van der Waals surface area contributed by atoms with E-state index in [0.717, 1.165) is 16.8 Å². The number of amides is 2. The zero-order valence-corrected chi connectivity index (χ0v) is 22.8. The lowest BCUT2D eigenvalue weighted by Crippen LogP contribution is -2.47. The van der Waals surface area contributed by atoms with Gasteiger partial charge in [0.25, 0.3) is 5.56 Å². The van der Waals surface area contributed by atoms with Crippen molar-refractivity contribution in [1.29, 1.82) is 0 Å². The van der Waals surface area contributed by atoms with Gasteiger partial charge < -0.3 is 24.2 Å². The number of hydrogen-bond acceptors (Lipinski definition) is 12. The molecule has 0 radical (unpaired) electrons. The van der Waals surface area contributed by atoms with E-state index in [9.17, 15) is 38.8 Å². The summed E-state index contributed by atoms with van der Waals surface area (Å²) in [5.74, 6) is -2.56. The topological polar surface area (TPSA) is 215 Å². The molecule has 0 bridgehead atoms. The number of nitrogens with zero attached hydrogens (tertiary/aromatic N) is 1. The van der Waals surface area contributed by atoms with Gasteiger partial charge in [-0.25, -0.2) is 9.88 Å². The summed E-state index contributed by atoms with van der Waals surface area (Å²) in [5, 5.41) is 26.3. The first-order chi connectivity index (χ1) is 17.6. The maximum absolute atomic E-state index is 13.7. The second-order valence-corrected chi connectivity index (χ2v) is 13.8. The van der Waals surface area contributed by atoms with E-state index in [0.29, 0.717) is 11.4 Å². The Morgan fingerprint density at radius 3 is 2.61 bits per heavy atom. The minimum Gasteiger partial charge on any atom is -0.462 e. The van der Waals surface area contributed by atoms with Crippen LogP contribution in [0.2, 0.25) is 0 Å². The smallest absolute Gasteiger partial charge is 0.330 e. The Morgan fingerprint density at radius 1 is 1.34 bits per heavy atom. The van der Waals surface area contributed by atoms with Gasteiger partial charge >= 0.3 is 18.4 Å². The van der Waals surface area contributed by atoms with Gasteiger partial charge in [0.2, 0.25) is 11.8 Å². The molecular weight excluding hydrogens is 547 g/mol. The number of aliphatic hydroxyl groups excluding tert-OH is 1. The molecule has 15 nitrogen and oxygen atoms in total. The van der Waals surface area contributed by atoms with Crippen LogP contribution in [0.25, 0.3) is 0 Å². The molecule has 2 aliphatic heterocycles. The lowest BCUT2D eigenvalue weighted by molar-refractivity contribution is -0.149. The van der Waals surface area contributed by atoms with Crippen molar-refractivity contribution < 1.29 is 43.2 Å². The molecule has 0 spiro atoms. The molecule has 2 saturated heterocycles. The van der Waals surface area contributed by atoms with Crippen LogP contribution in [0.15, 0.2) is 21.9 Å². The van der Waals surface area contributed by atoms with Crippen LogP contribution in [0.3, 0.4) is 0 Å². The molecule has 2 fully saturated rings. The summed E-state index contributed by atoms with van der Waals surface area (Å²) in [6.45, 7) is 1.31.